The van der Waals surface area contributed by atoms with Gasteiger partial charge in [-0.1, -0.05) is 12.8 Å². The molecule has 1 aliphatic heterocycles. The molecule has 0 amide bonds. The van der Waals surface area contributed by atoms with E-state index in [2.05, 4.69) is 9.80 Å². The second-order valence-corrected chi connectivity index (χ2v) is 7.15. The maximum atomic E-state index is 12.1. The van der Waals surface area contributed by atoms with Gasteiger partial charge < -0.3 is 10.0 Å². The summed E-state index contributed by atoms with van der Waals surface area (Å²) in [6.45, 7) is 9.49. The summed E-state index contributed by atoms with van der Waals surface area (Å²) < 4.78 is 0. The standard InChI is InChI=1S/C16H30N2O2/c1-16(2,20)13-18-10-8-17(9-11-18)12-14-6-4-3-5-7-15(14)19/h14,20H,3-13H2,1-2H3. The van der Waals surface area contributed by atoms with Crippen LogP contribution < -0.4 is 0 Å². The van der Waals surface area contributed by atoms with Crippen molar-refractivity contribution < 1.29 is 9.90 Å². The molecule has 1 heterocycles. The molecule has 20 heavy (non-hydrogen) atoms. The number of rotatable bonds is 4. The lowest BCUT2D eigenvalue weighted by molar-refractivity contribution is -0.123. The molecule has 1 unspecified atom stereocenters. The average Bonchev–Trinajstić information content (AvgIpc) is 2.56. The molecule has 0 bridgehead atoms. The first-order valence-electron chi connectivity index (χ1n) is 8.14. The Kier molecular flexibility index (Phi) is 5.58. The van der Waals surface area contributed by atoms with E-state index >= 15 is 0 Å². The SMILES string of the molecule is CC(C)(O)CN1CCN(CC2CCCCCC2=O)CC1. The van der Waals surface area contributed by atoms with Crippen molar-refractivity contribution in [1.29, 1.82) is 0 Å². The monoisotopic (exact) mass is 282 g/mol. The van der Waals surface area contributed by atoms with Crippen LogP contribution in [0.5, 0.6) is 0 Å². The minimum Gasteiger partial charge on any atom is -0.389 e. The van der Waals surface area contributed by atoms with Crippen LogP contribution in [0.1, 0.15) is 46.0 Å². The molecule has 2 rings (SSSR count). The Hall–Kier alpha value is -0.450. The van der Waals surface area contributed by atoms with E-state index < -0.39 is 5.60 Å². The Morgan fingerprint density at radius 2 is 1.75 bits per heavy atom. The third kappa shape index (κ3) is 5.15. The summed E-state index contributed by atoms with van der Waals surface area (Å²) in [6.07, 6.45) is 5.41. The second kappa shape index (κ2) is 7.01. The summed E-state index contributed by atoms with van der Waals surface area (Å²) in [5.41, 5.74) is -0.612. The highest BCUT2D eigenvalue weighted by atomic mass is 16.3. The van der Waals surface area contributed by atoms with Gasteiger partial charge in [-0.05, 0) is 26.7 Å². The number of hydrogen-bond donors (Lipinski definition) is 1. The predicted molar refractivity (Wildman–Crippen MR) is 80.8 cm³/mol. The summed E-state index contributed by atoms with van der Waals surface area (Å²) >= 11 is 0. The molecule has 4 heteroatoms. The summed E-state index contributed by atoms with van der Waals surface area (Å²) in [6, 6.07) is 0. The first-order chi connectivity index (χ1) is 9.44. The Morgan fingerprint density at radius 1 is 1.10 bits per heavy atom. The average molecular weight is 282 g/mol. The van der Waals surface area contributed by atoms with Crippen LogP contribution >= 0.6 is 0 Å². The maximum absolute atomic E-state index is 12.1. The number of carbonyl (C=O) groups is 1. The Morgan fingerprint density at radius 3 is 2.40 bits per heavy atom. The molecule has 1 aliphatic carbocycles. The minimum atomic E-state index is -0.612. The number of nitrogens with zero attached hydrogens (tertiary/aromatic N) is 2. The van der Waals surface area contributed by atoms with Crippen LogP contribution in [0.3, 0.4) is 0 Å². The van der Waals surface area contributed by atoms with E-state index in [0.29, 0.717) is 5.78 Å². The van der Waals surface area contributed by atoms with E-state index in [4.69, 9.17) is 0 Å². The number of Topliss-reactive ketones (excluding diaryl/α,β-unsaturated/α-hetero) is 1. The molecule has 2 aliphatic rings. The molecule has 1 N–H and O–H groups in total. The molecule has 4 nitrogen and oxygen atoms in total. The van der Waals surface area contributed by atoms with Gasteiger partial charge in [-0.2, -0.15) is 0 Å². The second-order valence-electron chi connectivity index (χ2n) is 7.15. The first-order valence-corrected chi connectivity index (χ1v) is 8.14. The quantitative estimate of drug-likeness (QED) is 0.794. The molecule has 1 saturated heterocycles. The fourth-order valence-electron chi connectivity index (χ4n) is 3.41. The highest BCUT2D eigenvalue weighted by molar-refractivity contribution is 5.81. The van der Waals surface area contributed by atoms with E-state index in [1.165, 1.54) is 12.8 Å². The maximum Gasteiger partial charge on any atom is 0.137 e. The Balaban J connectivity index is 1.75. The fraction of sp³-hybridized carbons (Fsp3) is 0.938. The summed E-state index contributed by atoms with van der Waals surface area (Å²) in [7, 11) is 0. The van der Waals surface area contributed by atoms with Crippen molar-refractivity contribution in [3.63, 3.8) is 0 Å². The third-order valence-electron chi connectivity index (χ3n) is 4.49. The van der Waals surface area contributed by atoms with E-state index in [1.807, 2.05) is 13.8 Å². The molecule has 0 aromatic rings. The molecule has 0 aromatic carbocycles. The Bertz CT molecular complexity index is 317. The zero-order chi connectivity index (χ0) is 14.6. The summed E-state index contributed by atoms with van der Waals surface area (Å²) in [5.74, 6) is 0.764. The lowest BCUT2D eigenvalue weighted by atomic mass is 9.98. The number of carbonyl (C=O) groups excluding carboxylic acids is 1. The van der Waals surface area contributed by atoms with Crippen molar-refractivity contribution in [1.82, 2.24) is 9.80 Å². The van der Waals surface area contributed by atoms with Crippen LogP contribution in [0, 0.1) is 5.92 Å². The number of β-amino-alcohol motifs (C(OH)–C–C–N with tert-alkyl or cyclic N) is 1. The van der Waals surface area contributed by atoms with Crippen LogP contribution in [0.2, 0.25) is 0 Å². The van der Waals surface area contributed by atoms with Gasteiger partial charge >= 0.3 is 0 Å². The smallest absolute Gasteiger partial charge is 0.137 e. The molecular weight excluding hydrogens is 252 g/mol. The molecular formula is C16H30N2O2. The van der Waals surface area contributed by atoms with Gasteiger partial charge in [0.2, 0.25) is 0 Å². The van der Waals surface area contributed by atoms with Crippen LogP contribution in [0.4, 0.5) is 0 Å². The van der Waals surface area contributed by atoms with Gasteiger partial charge in [-0.3, -0.25) is 9.69 Å². The minimum absolute atomic E-state index is 0.276. The molecule has 0 radical (unpaired) electrons. The normalized spacial score (nSPS) is 27.6. The van der Waals surface area contributed by atoms with Crippen LogP contribution in [-0.2, 0) is 4.79 Å². The van der Waals surface area contributed by atoms with Crippen LogP contribution in [0.15, 0.2) is 0 Å². The number of piperazine rings is 1. The van der Waals surface area contributed by atoms with E-state index in [0.717, 1.165) is 58.5 Å². The van der Waals surface area contributed by atoms with Gasteiger partial charge in [0.05, 0.1) is 5.60 Å². The van der Waals surface area contributed by atoms with Crippen molar-refractivity contribution in [2.24, 2.45) is 5.92 Å². The fourth-order valence-corrected chi connectivity index (χ4v) is 3.41. The van der Waals surface area contributed by atoms with E-state index in [1.54, 1.807) is 0 Å². The molecule has 1 atom stereocenters. The van der Waals surface area contributed by atoms with Gasteiger partial charge in [-0.25, -0.2) is 0 Å². The Labute approximate surface area is 123 Å². The van der Waals surface area contributed by atoms with Crippen molar-refractivity contribution in [2.45, 2.75) is 51.6 Å². The lowest BCUT2D eigenvalue weighted by Gasteiger charge is -2.38. The van der Waals surface area contributed by atoms with Crippen molar-refractivity contribution in [3.8, 4) is 0 Å². The van der Waals surface area contributed by atoms with Crippen molar-refractivity contribution in [3.05, 3.63) is 0 Å². The number of aliphatic hydroxyl groups is 1. The van der Waals surface area contributed by atoms with Gasteiger partial charge in [0.25, 0.3) is 0 Å². The lowest BCUT2D eigenvalue weighted by Crippen LogP contribution is -2.51. The van der Waals surface area contributed by atoms with Gasteiger partial charge in [-0.15, -0.1) is 0 Å². The van der Waals surface area contributed by atoms with Crippen LogP contribution in [0.25, 0.3) is 0 Å². The van der Waals surface area contributed by atoms with Crippen molar-refractivity contribution >= 4 is 5.78 Å². The van der Waals surface area contributed by atoms with Crippen molar-refractivity contribution in [2.75, 3.05) is 39.3 Å². The zero-order valence-electron chi connectivity index (χ0n) is 13.1. The van der Waals surface area contributed by atoms with Crippen LogP contribution in [-0.4, -0.2) is 65.6 Å². The first kappa shape index (κ1) is 15.9. The number of ketones is 1. The molecule has 1 saturated carbocycles. The van der Waals surface area contributed by atoms with E-state index in [9.17, 15) is 9.90 Å². The summed E-state index contributed by atoms with van der Waals surface area (Å²) in [4.78, 5) is 16.8. The third-order valence-corrected chi connectivity index (χ3v) is 4.49. The largest absolute Gasteiger partial charge is 0.389 e. The topological polar surface area (TPSA) is 43.8 Å². The highest BCUT2D eigenvalue weighted by Crippen LogP contribution is 2.21. The van der Waals surface area contributed by atoms with Gasteiger partial charge in [0, 0.05) is 51.6 Å². The molecule has 0 spiro atoms. The van der Waals surface area contributed by atoms with Gasteiger partial charge in [0.1, 0.15) is 5.78 Å². The summed E-state index contributed by atoms with van der Waals surface area (Å²) in [5, 5.41) is 9.86. The molecule has 2 fully saturated rings. The van der Waals surface area contributed by atoms with Gasteiger partial charge in [0.15, 0.2) is 0 Å². The highest BCUT2D eigenvalue weighted by Gasteiger charge is 2.27. The zero-order valence-corrected chi connectivity index (χ0v) is 13.1. The van der Waals surface area contributed by atoms with E-state index in [-0.39, 0.29) is 5.92 Å². The predicted octanol–water partition coefficient (Wildman–Crippen LogP) is 1.52. The molecule has 0 aromatic heterocycles. The number of hydrogen-bond acceptors (Lipinski definition) is 4. The molecule has 116 valence electrons.